The summed E-state index contributed by atoms with van der Waals surface area (Å²) in [5.41, 5.74) is 1.29. The molecule has 4 heteroatoms. The van der Waals surface area contributed by atoms with E-state index in [1.165, 1.54) is 0 Å². The lowest BCUT2D eigenvalue weighted by Crippen LogP contribution is -2.08. The predicted molar refractivity (Wildman–Crippen MR) is 52.3 cm³/mol. The van der Waals surface area contributed by atoms with Crippen LogP contribution in [0.5, 0.6) is 0 Å². The lowest BCUT2D eigenvalue weighted by Gasteiger charge is -2.04. The zero-order valence-electron chi connectivity index (χ0n) is 7.59. The number of ether oxygens (including phenoxy) is 1. The van der Waals surface area contributed by atoms with Crippen molar-refractivity contribution in [3.63, 3.8) is 0 Å². The summed E-state index contributed by atoms with van der Waals surface area (Å²) in [6.07, 6.45) is 1.71. The number of nitrogens with one attached hydrogen (secondary N) is 1. The summed E-state index contributed by atoms with van der Waals surface area (Å²) in [5.74, 6) is -0.359. The number of carbonyl (C=O) groups excluding carboxylic acids is 1. The second-order valence-corrected chi connectivity index (χ2v) is 2.99. The Morgan fingerprint density at radius 1 is 1.69 bits per heavy atom. The van der Waals surface area contributed by atoms with E-state index in [0.29, 0.717) is 16.8 Å². The van der Waals surface area contributed by atoms with E-state index in [0.717, 1.165) is 5.56 Å². The minimum Gasteiger partial charge on any atom is -0.462 e. The molecule has 0 saturated carbocycles. The van der Waals surface area contributed by atoms with Crippen molar-refractivity contribution in [2.45, 2.75) is 13.8 Å². The summed E-state index contributed by atoms with van der Waals surface area (Å²) < 4.78 is 5.29. The van der Waals surface area contributed by atoms with Gasteiger partial charge >= 0.3 is 5.97 Å². The standard InChI is InChI=1S/C9H11NO2S/c1-3-12-9(11)7-6(2)4-5-10-8(7)13/h4-5H,3H2,1-2H3,(H,10,13). The van der Waals surface area contributed by atoms with E-state index in [2.05, 4.69) is 4.98 Å². The molecular weight excluding hydrogens is 186 g/mol. The highest BCUT2D eigenvalue weighted by Crippen LogP contribution is 2.08. The molecule has 0 aliphatic heterocycles. The van der Waals surface area contributed by atoms with E-state index < -0.39 is 0 Å². The van der Waals surface area contributed by atoms with Gasteiger partial charge in [0.15, 0.2) is 0 Å². The summed E-state index contributed by atoms with van der Waals surface area (Å²) in [7, 11) is 0. The first-order valence-electron chi connectivity index (χ1n) is 4.02. The predicted octanol–water partition coefficient (Wildman–Crippen LogP) is 2.23. The summed E-state index contributed by atoms with van der Waals surface area (Å²) in [6.45, 7) is 3.96. The van der Waals surface area contributed by atoms with Gasteiger partial charge in [-0.2, -0.15) is 0 Å². The highest BCUT2D eigenvalue weighted by molar-refractivity contribution is 7.71. The maximum Gasteiger partial charge on any atom is 0.341 e. The van der Waals surface area contributed by atoms with Gasteiger partial charge in [-0.1, -0.05) is 12.2 Å². The van der Waals surface area contributed by atoms with Gasteiger partial charge in [-0.3, -0.25) is 0 Å². The number of hydrogen-bond donors (Lipinski definition) is 1. The van der Waals surface area contributed by atoms with Crippen molar-refractivity contribution in [1.82, 2.24) is 4.98 Å². The van der Waals surface area contributed by atoms with E-state index in [1.807, 2.05) is 6.92 Å². The molecule has 1 aromatic rings. The molecule has 0 amide bonds. The molecule has 70 valence electrons. The maximum atomic E-state index is 11.4. The minimum atomic E-state index is -0.359. The number of aryl methyl sites for hydroxylation is 1. The van der Waals surface area contributed by atoms with Crippen LogP contribution in [0.2, 0.25) is 0 Å². The van der Waals surface area contributed by atoms with Crippen LogP contribution < -0.4 is 0 Å². The molecule has 1 rings (SSSR count). The molecule has 0 aliphatic rings. The number of aromatic nitrogens is 1. The van der Waals surface area contributed by atoms with Crippen LogP contribution in [0.3, 0.4) is 0 Å². The Bertz CT molecular complexity index is 370. The first-order chi connectivity index (χ1) is 6.16. The van der Waals surface area contributed by atoms with Crippen LogP contribution in [0, 0.1) is 11.6 Å². The Kier molecular flexibility index (Phi) is 3.19. The minimum absolute atomic E-state index is 0.359. The first-order valence-corrected chi connectivity index (χ1v) is 4.43. The van der Waals surface area contributed by atoms with E-state index in [4.69, 9.17) is 17.0 Å². The SMILES string of the molecule is CCOC(=O)c1c(C)cc[nH]c1=S. The fourth-order valence-electron chi connectivity index (χ4n) is 1.03. The van der Waals surface area contributed by atoms with Crippen LogP contribution >= 0.6 is 12.2 Å². The summed E-state index contributed by atoms with van der Waals surface area (Å²) in [5, 5.41) is 0. The Morgan fingerprint density at radius 2 is 2.38 bits per heavy atom. The number of rotatable bonds is 2. The van der Waals surface area contributed by atoms with Crippen molar-refractivity contribution in [2.24, 2.45) is 0 Å². The molecule has 0 bridgehead atoms. The molecule has 1 aromatic heterocycles. The zero-order chi connectivity index (χ0) is 9.84. The molecule has 0 atom stereocenters. The Balaban J connectivity index is 3.13. The fourth-order valence-corrected chi connectivity index (χ4v) is 1.35. The number of pyridine rings is 1. The van der Waals surface area contributed by atoms with E-state index in [9.17, 15) is 4.79 Å². The second kappa shape index (κ2) is 4.18. The maximum absolute atomic E-state index is 11.4. The van der Waals surface area contributed by atoms with Gasteiger partial charge in [-0.15, -0.1) is 0 Å². The van der Waals surface area contributed by atoms with Gasteiger partial charge in [0.05, 0.1) is 12.2 Å². The molecule has 0 aliphatic carbocycles. The topological polar surface area (TPSA) is 42.1 Å². The summed E-state index contributed by atoms with van der Waals surface area (Å²) in [4.78, 5) is 14.2. The highest BCUT2D eigenvalue weighted by atomic mass is 32.1. The number of carbonyl (C=O) groups is 1. The fraction of sp³-hybridized carbons (Fsp3) is 0.333. The van der Waals surface area contributed by atoms with Crippen LogP contribution in [-0.4, -0.2) is 17.6 Å². The Hall–Kier alpha value is -1.16. The largest absolute Gasteiger partial charge is 0.462 e. The third kappa shape index (κ3) is 2.15. The Labute approximate surface area is 81.7 Å². The number of esters is 1. The highest BCUT2D eigenvalue weighted by Gasteiger charge is 2.11. The number of aromatic amines is 1. The zero-order valence-corrected chi connectivity index (χ0v) is 8.40. The molecule has 0 unspecified atom stereocenters. The van der Waals surface area contributed by atoms with Crippen LogP contribution in [-0.2, 0) is 4.74 Å². The van der Waals surface area contributed by atoms with Gasteiger partial charge in [-0.05, 0) is 25.5 Å². The van der Waals surface area contributed by atoms with Gasteiger partial charge in [0.25, 0.3) is 0 Å². The van der Waals surface area contributed by atoms with Crippen molar-refractivity contribution >= 4 is 18.2 Å². The first kappa shape index (κ1) is 9.92. The average Bonchev–Trinajstić information content (AvgIpc) is 2.04. The van der Waals surface area contributed by atoms with E-state index in [-0.39, 0.29) is 5.97 Å². The normalized spacial score (nSPS) is 9.69. The summed E-state index contributed by atoms with van der Waals surface area (Å²) in [6, 6.07) is 1.79. The average molecular weight is 197 g/mol. The van der Waals surface area contributed by atoms with Gasteiger partial charge in [0, 0.05) is 6.20 Å². The van der Waals surface area contributed by atoms with Crippen LogP contribution in [0.1, 0.15) is 22.8 Å². The molecular formula is C9H11NO2S. The lowest BCUT2D eigenvalue weighted by atomic mass is 10.2. The smallest absolute Gasteiger partial charge is 0.341 e. The molecule has 0 aromatic carbocycles. The lowest BCUT2D eigenvalue weighted by molar-refractivity contribution is 0.0524. The quantitative estimate of drug-likeness (QED) is 0.584. The molecule has 13 heavy (non-hydrogen) atoms. The molecule has 0 saturated heterocycles. The second-order valence-electron chi connectivity index (χ2n) is 2.59. The molecule has 0 spiro atoms. The third-order valence-electron chi connectivity index (χ3n) is 1.65. The van der Waals surface area contributed by atoms with Crippen molar-refractivity contribution in [1.29, 1.82) is 0 Å². The molecule has 1 N–H and O–H groups in total. The summed E-state index contributed by atoms with van der Waals surface area (Å²) >= 11 is 4.97. The molecule has 1 heterocycles. The van der Waals surface area contributed by atoms with Gasteiger partial charge in [-0.25, -0.2) is 4.79 Å². The number of H-pyrrole nitrogens is 1. The third-order valence-corrected chi connectivity index (χ3v) is 1.97. The monoisotopic (exact) mass is 197 g/mol. The van der Waals surface area contributed by atoms with Gasteiger partial charge in [0.2, 0.25) is 0 Å². The molecule has 0 radical (unpaired) electrons. The van der Waals surface area contributed by atoms with Crippen molar-refractivity contribution in [2.75, 3.05) is 6.61 Å². The molecule has 0 fully saturated rings. The number of hydrogen-bond acceptors (Lipinski definition) is 3. The van der Waals surface area contributed by atoms with Crippen LogP contribution in [0.4, 0.5) is 0 Å². The van der Waals surface area contributed by atoms with E-state index >= 15 is 0 Å². The Morgan fingerprint density at radius 3 is 2.92 bits per heavy atom. The van der Waals surface area contributed by atoms with Gasteiger partial charge in [0.1, 0.15) is 4.64 Å². The van der Waals surface area contributed by atoms with Crippen molar-refractivity contribution < 1.29 is 9.53 Å². The van der Waals surface area contributed by atoms with Gasteiger partial charge < -0.3 is 9.72 Å². The van der Waals surface area contributed by atoms with Crippen molar-refractivity contribution in [3.8, 4) is 0 Å². The van der Waals surface area contributed by atoms with Crippen LogP contribution in [0.25, 0.3) is 0 Å². The molecule has 3 nitrogen and oxygen atoms in total. The van der Waals surface area contributed by atoms with Crippen molar-refractivity contribution in [3.05, 3.63) is 28.0 Å². The van der Waals surface area contributed by atoms with Crippen LogP contribution in [0.15, 0.2) is 12.3 Å². The van der Waals surface area contributed by atoms with E-state index in [1.54, 1.807) is 19.2 Å².